The first kappa shape index (κ1) is 17.3. The molecule has 0 radical (unpaired) electrons. The van der Waals surface area contributed by atoms with Crippen LogP contribution in [0.25, 0.3) is 0 Å². The van der Waals surface area contributed by atoms with E-state index in [1.165, 1.54) is 57.9 Å². The van der Waals surface area contributed by atoms with E-state index in [0.29, 0.717) is 11.0 Å². The summed E-state index contributed by atoms with van der Waals surface area (Å²) in [6.45, 7) is 16.0. The SMILES string of the molecule is CCCCC1C(CCCC)N(CC)C2(C)CC2(C)C1CC. The molecule has 1 saturated heterocycles. The maximum Gasteiger partial charge on any atom is 0.0247 e. The summed E-state index contributed by atoms with van der Waals surface area (Å²) in [7, 11) is 0. The number of hydrogen-bond donors (Lipinski definition) is 0. The first-order chi connectivity index (χ1) is 10.00. The van der Waals surface area contributed by atoms with Crippen LogP contribution in [0.3, 0.4) is 0 Å². The molecule has 1 nitrogen and oxygen atoms in total. The molecule has 2 fully saturated rings. The van der Waals surface area contributed by atoms with Gasteiger partial charge in [0.05, 0.1) is 0 Å². The minimum absolute atomic E-state index is 0.504. The molecule has 0 aromatic carbocycles. The standard InChI is InChI=1S/C20H39N/c1-7-11-13-16-17(9-3)19(5)15-20(19,6)21(10-4)18(16)14-12-8-2/h16-18H,7-15H2,1-6H3. The summed E-state index contributed by atoms with van der Waals surface area (Å²) in [6.07, 6.45) is 11.3. The maximum absolute atomic E-state index is 2.93. The Balaban J connectivity index is 2.26. The molecule has 0 spiro atoms. The van der Waals surface area contributed by atoms with Crippen molar-refractivity contribution in [1.82, 2.24) is 4.90 Å². The molecule has 5 unspecified atom stereocenters. The molecule has 1 aliphatic heterocycles. The van der Waals surface area contributed by atoms with Crippen LogP contribution in [0, 0.1) is 17.3 Å². The first-order valence-corrected chi connectivity index (χ1v) is 9.76. The number of likely N-dealkylation sites (tertiary alicyclic amines) is 1. The summed E-state index contributed by atoms with van der Waals surface area (Å²) >= 11 is 0. The topological polar surface area (TPSA) is 3.24 Å². The van der Waals surface area contributed by atoms with Crippen LogP contribution in [0.2, 0.25) is 0 Å². The fourth-order valence-electron chi connectivity index (χ4n) is 5.92. The Bertz CT molecular complexity index is 307. The van der Waals surface area contributed by atoms with E-state index in [4.69, 9.17) is 0 Å². The average molecular weight is 294 g/mol. The van der Waals surface area contributed by atoms with Crippen LogP contribution in [0.5, 0.6) is 0 Å². The molecule has 2 aliphatic rings. The molecule has 1 heteroatoms. The lowest BCUT2D eigenvalue weighted by atomic mass is 9.66. The molecule has 0 N–H and O–H groups in total. The van der Waals surface area contributed by atoms with Crippen LogP contribution in [-0.4, -0.2) is 23.0 Å². The number of fused-ring (bicyclic) bond motifs is 1. The zero-order chi connectivity index (χ0) is 15.7. The quantitative estimate of drug-likeness (QED) is 0.540. The van der Waals surface area contributed by atoms with Gasteiger partial charge in [-0.1, -0.05) is 66.7 Å². The summed E-state index contributed by atoms with van der Waals surface area (Å²) in [5.41, 5.74) is 1.10. The highest BCUT2D eigenvalue weighted by atomic mass is 15.3. The van der Waals surface area contributed by atoms with Gasteiger partial charge >= 0.3 is 0 Å². The number of unbranched alkanes of at least 4 members (excludes halogenated alkanes) is 2. The van der Waals surface area contributed by atoms with Crippen molar-refractivity contribution >= 4 is 0 Å². The number of hydrogen-bond acceptors (Lipinski definition) is 1. The Morgan fingerprint density at radius 3 is 2.10 bits per heavy atom. The van der Waals surface area contributed by atoms with Crippen molar-refractivity contribution in [2.75, 3.05) is 6.54 Å². The molecule has 1 aliphatic carbocycles. The van der Waals surface area contributed by atoms with Crippen molar-refractivity contribution in [2.24, 2.45) is 17.3 Å². The molecule has 5 atom stereocenters. The largest absolute Gasteiger partial charge is 0.294 e. The lowest BCUT2D eigenvalue weighted by Gasteiger charge is -2.52. The summed E-state index contributed by atoms with van der Waals surface area (Å²) in [5.74, 6) is 1.90. The van der Waals surface area contributed by atoms with Crippen molar-refractivity contribution < 1.29 is 0 Å². The third kappa shape index (κ3) is 2.69. The highest BCUT2D eigenvalue weighted by Gasteiger charge is 2.71. The average Bonchev–Trinajstić information content (AvgIpc) is 3.04. The summed E-state index contributed by atoms with van der Waals surface area (Å²) in [5, 5.41) is 0. The van der Waals surface area contributed by atoms with Gasteiger partial charge in [0.15, 0.2) is 0 Å². The minimum atomic E-state index is 0.504. The van der Waals surface area contributed by atoms with Crippen LogP contribution < -0.4 is 0 Å². The first-order valence-electron chi connectivity index (χ1n) is 9.76. The molecule has 0 bridgehead atoms. The molecule has 2 rings (SSSR count). The Labute approximate surface area is 133 Å². The van der Waals surface area contributed by atoms with E-state index in [1.54, 1.807) is 0 Å². The van der Waals surface area contributed by atoms with Crippen molar-refractivity contribution in [3.05, 3.63) is 0 Å². The molecular weight excluding hydrogens is 254 g/mol. The van der Waals surface area contributed by atoms with E-state index in [1.807, 2.05) is 0 Å². The molecule has 124 valence electrons. The van der Waals surface area contributed by atoms with Gasteiger partial charge in [0.1, 0.15) is 0 Å². The molecular formula is C20H39N. The van der Waals surface area contributed by atoms with Gasteiger partial charge in [-0.2, -0.15) is 0 Å². The normalized spacial score (nSPS) is 42.9. The van der Waals surface area contributed by atoms with Crippen LogP contribution in [0.15, 0.2) is 0 Å². The lowest BCUT2D eigenvalue weighted by Crippen LogP contribution is -2.57. The molecule has 1 heterocycles. The van der Waals surface area contributed by atoms with E-state index in [-0.39, 0.29) is 0 Å². The van der Waals surface area contributed by atoms with Gasteiger partial charge in [0.25, 0.3) is 0 Å². The molecule has 21 heavy (non-hydrogen) atoms. The fourth-order valence-corrected chi connectivity index (χ4v) is 5.92. The third-order valence-corrected chi connectivity index (χ3v) is 7.21. The highest BCUT2D eigenvalue weighted by molar-refractivity contribution is 5.24. The predicted octanol–water partition coefficient (Wildman–Crippen LogP) is 5.88. The van der Waals surface area contributed by atoms with Crippen molar-refractivity contribution in [3.63, 3.8) is 0 Å². The number of rotatable bonds is 8. The Morgan fingerprint density at radius 2 is 1.57 bits per heavy atom. The van der Waals surface area contributed by atoms with Crippen LogP contribution in [-0.2, 0) is 0 Å². The molecule has 0 aromatic rings. The van der Waals surface area contributed by atoms with Crippen LogP contribution in [0.4, 0.5) is 0 Å². The molecule has 1 saturated carbocycles. The minimum Gasteiger partial charge on any atom is -0.294 e. The van der Waals surface area contributed by atoms with Crippen molar-refractivity contribution in [3.8, 4) is 0 Å². The zero-order valence-electron chi connectivity index (χ0n) is 15.5. The third-order valence-electron chi connectivity index (χ3n) is 7.21. The Kier molecular flexibility index (Phi) is 5.45. The van der Waals surface area contributed by atoms with Gasteiger partial charge in [0.2, 0.25) is 0 Å². The maximum atomic E-state index is 2.93. The van der Waals surface area contributed by atoms with E-state index in [9.17, 15) is 0 Å². The van der Waals surface area contributed by atoms with Gasteiger partial charge in [-0.15, -0.1) is 0 Å². The summed E-state index contributed by atoms with van der Waals surface area (Å²) < 4.78 is 0. The fraction of sp³-hybridized carbons (Fsp3) is 1.00. The summed E-state index contributed by atoms with van der Waals surface area (Å²) in [4.78, 5) is 2.93. The zero-order valence-corrected chi connectivity index (χ0v) is 15.5. The predicted molar refractivity (Wildman–Crippen MR) is 93.6 cm³/mol. The smallest absolute Gasteiger partial charge is 0.0247 e. The highest BCUT2D eigenvalue weighted by Crippen LogP contribution is 2.70. The molecule has 0 amide bonds. The van der Waals surface area contributed by atoms with Gasteiger partial charge < -0.3 is 0 Å². The van der Waals surface area contributed by atoms with E-state index in [0.717, 1.165) is 17.9 Å². The lowest BCUT2D eigenvalue weighted by molar-refractivity contribution is -0.0394. The van der Waals surface area contributed by atoms with Gasteiger partial charge in [0, 0.05) is 11.6 Å². The Morgan fingerprint density at radius 1 is 0.952 bits per heavy atom. The monoisotopic (exact) mass is 293 g/mol. The van der Waals surface area contributed by atoms with Crippen LogP contribution in [0.1, 0.15) is 92.9 Å². The number of nitrogens with zero attached hydrogens (tertiary/aromatic N) is 1. The Hall–Kier alpha value is -0.0400. The van der Waals surface area contributed by atoms with Crippen molar-refractivity contribution in [2.45, 2.75) is 104 Å². The second-order valence-corrected chi connectivity index (χ2v) is 8.18. The summed E-state index contributed by atoms with van der Waals surface area (Å²) in [6, 6.07) is 0.854. The second-order valence-electron chi connectivity index (χ2n) is 8.18. The van der Waals surface area contributed by atoms with E-state index < -0.39 is 0 Å². The van der Waals surface area contributed by atoms with Crippen LogP contribution >= 0.6 is 0 Å². The van der Waals surface area contributed by atoms with Gasteiger partial charge in [-0.3, -0.25) is 4.90 Å². The molecule has 0 aromatic heterocycles. The van der Waals surface area contributed by atoms with Gasteiger partial charge in [-0.05, 0) is 50.0 Å². The van der Waals surface area contributed by atoms with E-state index in [2.05, 4.69) is 46.4 Å². The van der Waals surface area contributed by atoms with E-state index >= 15 is 0 Å². The second kappa shape index (κ2) is 6.60. The van der Waals surface area contributed by atoms with Gasteiger partial charge in [-0.25, -0.2) is 0 Å². The number of piperidine rings is 1. The van der Waals surface area contributed by atoms with Crippen molar-refractivity contribution in [1.29, 1.82) is 0 Å².